The Kier molecular flexibility index (Phi) is 7.85. The molecule has 0 radical (unpaired) electrons. The maximum atomic E-state index is 12.4. The molecule has 0 atom stereocenters. The van der Waals surface area contributed by atoms with Crippen LogP contribution in [0.5, 0.6) is 17.2 Å². The smallest absolute Gasteiger partial charge is 0.342 e. The van der Waals surface area contributed by atoms with Crippen molar-refractivity contribution in [1.82, 2.24) is 0 Å². The summed E-state index contributed by atoms with van der Waals surface area (Å²) in [6.45, 7) is 10.7. The summed E-state index contributed by atoms with van der Waals surface area (Å²) in [6.07, 6.45) is 0. The Bertz CT molecular complexity index is 532. The van der Waals surface area contributed by atoms with Crippen LogP contribution in [0.2, 0.25) is 0 Å². The summed E-state index contributed by atoms with van der Waals surface area (Å²) in [5.41, 5.74) is 0.331. The topological polar surface area (TPSA) is 54.0 Å². The highest BCUT2D eigenvalue weighted by Crippen LogP contribution is 2.39. The number of hydrogen-bond acceptors (Lipinski definition) is 5. The van der Waals surface area contributed by atoms with E-state index >= 15 is 0 Å². The average Bonchev–Trinajstić information content (AvgIpc) is 2.63. The Morgan fingerprint density at radius 2 is 1.50 bits per heavy atom. The number of methoxy groups -OCH3 is 3. The molecule has 6 nitrogen and oxygen atoms in total. The summed E-state index contributed by atoms with van der Waals surface area (Å²) in [6, 6.07) is 3.30. The number of likely N-dealkylation sites (N-methyl/N-ethyl adjacent to an activating group) is 1. The molecular formula is C18H30NO5+. The van der Waals surface area contributed by atoms with E-state index in [0.717, 1.165) is 30.7 Å². The van der Waals surface area contributed by atoms with Crippen LogP contribution < -0.4 is 14.2 Å². The quantitative estimate of drug-likeness (QED) is 0.484. The third-order valence-electron chi connectivity index (χ3n) is 4.74. The number of ether oxygens (including phenoxy) is 4. The summed E-state index contributed by atoms with van der Waals surface area (Å²) < 4.78 is 22.3. The minimum atomic E-state index is -0.422. The number of esters is 1. The maximum Gasteiger partial charge on any atom is 0.342 e. The van der Waals surface area contributed by atoms with Gasteiger partial charge in [0, 0.05) is 0 Å². The first-order valence-corrected chi connectivity index (χ1v) is 8.33. The fraction of sp³-hybridized carbons (Fsp3) is 0.611. The third-order valence-corrected chi connectivity index (χ3v) is 4.74. The molecule has 136 valence electrons. The summed E-state index contributed by atoms with van der Waals surface area (Å²) in [5, 5.41) is 0. The highest BCUT2D eigenvalue weighted by molar-refractivity contribution is 5.94. The zero-order valence-electron chi connectivity index (χ0n) is 15.7. The van der Waals surface area contributed by atoms with E-state index in [-0.39, 0.29) is 0 Å². The molecule has 0 aliphatic carbocycles. The lowest BCUT2D eigenvalue weighted by Crippen LogP contribution is -2.49. The second-order valence-electron chi connectivity index (χ2n) is 5.53. The van der Waals surface area contributed by atoms with Crippen molar-refractivity contribution < 1.29 is 28.2 Å². The van der Waals surface area contributed by atoms with Crippen LogP contribution in [0.1, 0.15) is 31.1 Å². The van der Waals surface area contributed by atoms with Crippen molar-refractivity contribution in [1.29, 1.82) is 0 Å². The molecule has 6 heteroatoms. The van der Waals surface area contributed by atoms with Crippen LogP contribution in [-0.2, 0) is 4.74 Å². The number of rotatable bonds is 10. The number of nitrogens with zero attached hydrogens (tertiary/aromatic N) is 1. The van der Waals surface area contributed by atoms with E-state index in [1.165, 1.54) is 21.3 Å². The van der Waals surface area contributed by atoms with Gasteiger partial charge in [0.25, 0.3) is 0 Å². The summed E-state index contributed by atoms with van der Waals surface area (Å²) in [4.78, 5) is 12.4. The first kappa shape index (κ1) is 20.1. The highest BCUT2D eigenvalue weighted by atomic mass is 16.5. The predicted molar refractivity (Wildman–Crippen MR) is 93.1 cm³/mol. The van der Waals surface area contributed by atoms with Crippen LogP contribution in [0.4, 0.5) is 0 Å². The predicted octanol–water partition coefficient (Wildman–Crippen LogP) is 2.75. The van der Waals surface area contributed by atoms with Gasteiger partial charge in [0.15, 0.2) is 11.5 Å². The normalized spacial score (nSPS) is 11.1. The standard InChI is InChI=1S/C18H30NO5/c1-7-19(8-2,9-3)12-13-24-18(20)14-10-11-15(21-4)17(23-6)16(14)22-5/h10-11H,7-9,12-13H2,1-6H3/q+1. The molecule has 0 aromatic heterocycles. The van der Waals surface area contributed by atoms with Gasteiger partial charge in [-0.05, 0) is 32.9 Å². The second-order valence-corrected chi connectivity index (χ2v) is 5.53. The Morgan fingerprint density at radius 3 is 1.96 bits per heavy atom. The molecule has 0 fully saturated rings. The van der Waals surface area contributed by atoms with E-state index < -0.39 is 5.97 Å². The molecule has 0 aliphatic heterocycles. The summed E-state index contributed by atoms with van der Waals surface area (Å²) in [5.74, 6) is 0.790. The zero-order chi connectivity index (χ0) is 18.2. The minimum Gasteiger partial charge on any atom is -0.493 e. The first-order chi connectivity index (χ1) is 11.5. The van der Waals surface area contributed by atoms with Crippen molar-refractivity contribution in [3.05, 3.63) is 17.7 Å². The largest absolute Gasteiger partial charge is 0.493 e. The van der Waals surface area contributed by atoms with E-state index in [0.29, 0.717) is 29.4 Å². The van der Waals surface area contributed by atoms with Crippen LogP contribution in [0.15, 0.2) is 12.1 Å². The Balaban J connectivity index is 2.89. The fourth-order valence-electron chi connectivity index (χ4n) is 2.82. The SMILES string of the molecule is CC[N+](CC)(CC)CCOC(=O)c1ccc(OC)c(OC)c1OC. The van der Waals surface area contributed by atoms with Crippen LogP contribution in [-0.4, -0.2) is 64.6 Å². The lowest BCUT2D eigenvalue weighted by Gasteiger charge is -2.35. The van der Waals surface area contributed by atoms with Crippen molar-refractivity contribution >= 4 is 5.97 Å². The Hall–Kier alpha value is -1.95. The van der Waals surface area contributed by atoms with Gasteiger partial charge in [-0.1, -0.05) is 0 Å². The van der Waals surface area contributed by atoms with Crippen molar-refractivity contribution in [2.24, 2.45) is 0 Å². The third kappa shape index (κ3) is 4.32. The molecule has 0 unspecified atom stereocenters. The van der Waals surface area contributed by atoms with Gasteiger partial charge >= 0.3 is 5.97 Å². The van der Waals surface area contributed by atoms with E-state index in [9.17, 15) is 4.79 Å². The molecule has 1 rings (SSSR count). The number of hydrogen-bond donors (Lipinski definition) is 0. The molecule has 0 saturated heterocycles. The van der Waals surface area contributed by atoms with Gasteiger partial charge in [-0.2, -0.15) is 0 Å². The van der Waals surface area contributed by atoms with E-state index in [4.69, 9.17) is 18.9 Å². The van der Waals surface area contributed by atoms with Gasteiger partial charge in [0.2, 0.25) is 5.75 Å². The number of benzene rings is 1. The van der Waals surface area contributed by atoms with Gasteiger partial charge < -0.3 is 23.4 Å². The van der Waals surface area contributed by atoms with Crippen LogP contribution >= 0.6 is 0 Å². The molecule has 0 aliphatic rings. The molecule has 24 heavy (non-hydrogen) atoms. The molecule has 0 amide bonds. The molecule has 1 aromatic rings. The van der Waals surface area contributed by atoms with Gasteiger partial charge in [0.05, 0.1) is 41.0 Å². The number of carbonyl (C=O) groups excluding carboxylic acids is 1. The van der Waals surface area contributed by atoms with Crippen molar-refractivity contribution in [3.63, 3.8) is 0 Å². The van der Waals surface area contributed by atoms with Crippen molar-refractivity contribution in [3.8, 4) is 17.2 Å². The van der Waals surface area contributed by atoms with Gasteiger partial charge in [-0.25, -0.2) is 4.79 Å². The minimum absolute atomic E-state index is 0.323. The lowest BCUT2D eigenvalue weighted by molar-refractivity contribution is -0.923. The lowest BCUT2D eigenvalue weighted by atomic mass is 10.1. The first-order valence-electron chi connectivity index (χ1n) is 8.33. The Labute approximate surface area is 144 Å². The van der Waals surface area contributed by atoms with Crippen molar-refractivity contribution in [2.75, 3.05) is 54.1 Å². The van der Waals surface area contributed by atoms with Gasteiger partial charge in [-0.15, -0.1) is 0 Å². The number of carbonyl (C=O) groups is 1. The summed E-state index contributed by atoms with van der Waals surface area (Å²) in [7, 11) is 4.53. The number of quaternary nitrogens is 1. The second kappa shape index (κ2) is 9.37. The van der Waals surface area contributed by atoms with Crippen LogP contribution in [0.25, 0.3) is 0 Å². The molecular weight excluding hydrogens is 310 g/mol. The van der Waals surface area contributed by atoms with Gasteiger partial charge in [0.1, 0.15) is 18.7 Å². The van der Waals surface area contributed by atoms with E-state index in [2.05, 4.69) is 20.8 Å². The maximum absolute atomic E-state index is 12.4. The zero-order valence-corrected chi connectivity index (χ0v) is 15.7. The van der Waals surface area contributed by atoms with Crippen molar-refractivity contribution in [2.45, 2.75) is 20.8 Å². The van der Waals surface area contributed by atoms with Crippen LogP contribution in [0.3, 0.4) is 0 Å². The molecule has 0 bridgehead atoms. The Morgan fingerprint density at radius 1 is 0.917 bits per heavy atom. The van der Waals surface area contributed by atoms with Gasteiger partial charge in [-0.3, -0.25) is 0 Å². The molecule has 1 aromatic carbocycles. The highest BCUT2D eigenvalue weighted by Gasteiger charge is 2.24. The molecule has 0 spiro atoms. The summed E-state index contributed by atoms with van der Waals surface area (Å²) >= 11 is 0. The van der Waals surface area contributed by atoms with Crippen LogP contribution in [0, 0.1) is 0 Å². The molecule has 0 N–H and O–H groups in total. The molecule has 0 saturated carbocycles. The molecule has 0 heterocycles. The monoisotopic (exact) mass is 340 g/mol. The van der Waals surface area contributed by atoms with E-state index in [1.807, 2.05) is 0 Å². The van der Waals surface area contributed by atoms with E-state index in [1.54, 1.807) is 12.1 Å². The average molecular weight is 340 g/mol. The fourth-order valence-corrected chi connectivity index (χ4v) is 2.82.